The third-order valence-electron chi connectivity index (χ3n) is 2.39. The van der Waals surface area contributed by atoms with Crippen molar-refractivity contribution in [3.63, 3.8) is 0 Å². The molecule has 80 valence electrons. The molecule has 0 amide bonds. The lowest BCUT2D eigenvalue weighted by Gasteiger charge is -2.19. The van der Waals surface area contributed by atoms with E-state index in [0.717, 1.165) is 12.1 Å². The van der Waals surface area contributed by atoms with E-state index in [2.05, 4.69) is 16.5 Å². The Labute approximate surface area is 85.1 Å². The molecule has 1 rings (SSSR count). The van der Waals surface area contributed by atoms with E-state index < -0.39 is 0 Å². The number of imidazole rings is 1. The molecule has 1 unspecified atom stereocenters. The van der Waals surface area contributed by atoms with Crippen molar-refractivity contribution in [1.29, 1.82) is 0 Å². The second kappa shape index (κ2) is 5.12. The molecule has 0 saturated heterocycles. The molecule has 2 N–H and O–H groups in total. The lowest BCUT2D eigenvalue weighted by atomic mass is 10.2. The largest absolute Gasteiger partial charge is 0.383 e. The summed E-state index contributed by atoms with van der Waals surface area (Å²) in [5.74, 6) is 0. The van der Waals surface area contributed by atoms with Gasteiger partial charge < -0.3 is 15.0 Å². The van der Waals surface area contributed by atoms with Crippen LogP contribution >= 0.6 is 0 Å². The van der Waals surface area contributed by atoms with E-state index in [1.165, 1.54) is 0 Å². The molecule has 0 aliphatic heterocycles. The summed E-state index contributed by atoms with van der Waals surface area (Å²) in [6.07, 6.45) is 4.67. The highest BCUT2D eigenvalue weighted by Crippen LogP contribution is 2.18. The van der Waals surface area contributed by atoms with Crippen molar-refractivity contribution < 1.29 is 4.74 Å². The summed E-state index contributed by atoms with van der Waals surface area (Å²) < 4.78 is 7.27. The third-order valence-corrected chi connectivity index (χ3v) is 2.39. The molecule has 0 saturated carbocycles. The first-order valence-corrected chi connectivity index (χ1v) is 4.96. The Hall–Kier alpha value is -0.870. The highest BCUT2D eigenvalue weighted by atomic mass is 16.5. The quantitative estimate of drug-likeness (QED) is 0.778. The molecule has 1 aromatic rings. The van der Waals surface area contributed by atoms with Gasteiger partial charge in [-0.05, 0) is 13.3 Å². The maximum absolute atomic E-state index is 5.85. The maximum Gasteiger partial charge on any atom is 0.0952 e. The van der Waals surface area contributed by atoms with E-state index in [0.29, 0.717) is 12.6 Å². The zero-order valence-corrected chi connectivity index (χ0v) is 9.10. The average molecular weight is 197 g/mol. The van der Waals surface area contributed by atoms with E-state index in [4.69, 9.17) is 10.5 Å². The minimum Gasteiger partial charge on any atom is -0.383 e. The van der Waals surface area contributed by atoms with Crippen molar-refractivity contribution >= 4 is 0 Å². The second-order valence-electron chi connectivity index (χ2n) is 3.53. The predicted octanol–water partition coefficient (Wildman–Crippen LogP) is 1.50. The molecule has 14 heavy (non-hydrogen) atoms. The molecular weight excluding hydrogens is 178 g/mol. The van der Waals surface area contributed by atoms with Crippen LogP contribution in [0.4, 0.5) is 0 Å². The Morgan fingerprint density at radius 1 is 1.64 bits per heavy atom. The number of nitrogens with two attached hydrogens (primary N) is 1. The maximum atomic E-state index is 5.85. The first kappa shape index (κ1) is 11.2. The lowest BCUT2D eigenvalue weighted by Crippen LogP contribution is -2.19. The summed E-state index contributed by atoms with van der Waals surface area (Å²) in [6, 6.07) is 0.354. The van der Waals surface area contributed by atoms with Crippen LogP contribution in [0.15, 0.2) is 12.5 Å². The highest BCUT2D eigenvalue weighted by Gasteiger charge is 2.14. The van der Waals surface area contributed by atoms with Crippen LogP contribution in [0.2, 0.25) is 0 Å². The molecule has 0 spiro atoms. The molecule has 0 aliphatic rings. The summed E-state index contributed by atoms with van der Waals surface area (Å²) in [5.41, 5.74) is 6.91. The molecule has 0 aromatic carbocycles. The number of hydrogen-bond donors (Lipinski definition) is 1. The smallest absolute Gasteiger partial charge is 0.0952 e. The average Bonchev–Trinajstić information content (AvgIpc) is 2.62. The monoisotopic (exact) mass is 197 g/mol. The summed E-state index contributed by atoms with van der Waals surface area (Å²) in [7, 11) is 1.71. The van der Waals surface area contributed by atoms with Crippen molar-refractivity contribution in [2.45, 2.75) is 32.4 Å². The first-order chi connectivity index (χ1) is 6.70. The van der Waals surface area contributed by atoms with Gasteiger partial charge in [0.05, 0.1) is 24.7 Å². The van der Waals surface area contributed by atoms with Gasteiger partial charge in [0.25, 0.3) is 0 Å². The zero-order chi connectivity index (χ0) is 10.6. The normalized spacial score (nSPS) is 15.4. The van der Waals surface area contributed by atoms with Gasteiger partial charge in [-0.3, -0.25) is 0 Å². The van der Waals surface area contributed by atoms with Gasteiger partial charge in [-0.15, -0.1) is 0 Å². The van der Waals surface area contributed by atoms with E-state index in [-0.39, 0.29) is 6.04 Å². The van der Waals surface area contributed by atoms with E-state index in [9.17, 15) is 0 Å². The molecule has 0 bridgehead atoms. The number of nitrogens with zero attached hydrogens (tertiary/aromatic N) is 2. The first-order valence-electron chi connectivity index (χ1n) is 4.96. The molecule has 2 atom stereocenters. The van der Waals surface area contributed by atoms with Crippen LogP contribution in [0, 0.1) is 0 Å². The van der Waals surface area contributed by atoms with E-state index >= 15 is 0 Å². The Morgan fingerprint density at radius 2 is 2.36 bits per heavy atom. The van der Waals surface area contributed by atoms with Crippen LogP contribution in [0.1, 0.15) is 38.0 Å². The molecule has 4 heteroatoms. The standard InChI is InChI=1S/C10H19N3O/c1-4-9(6-14-3)13-7-12-5-10(13)8(2)11/h5,7-9H,4,6,11H2,1-3H3/t8-,9?/m0/s1. The number of ether oxygens (including phenoxy) is 1. The molecule has 0 radical (unpaired) electrons. The van der Waals surface area contributed by atoms with Crippen LogP contribution in [0.5, 0.6) is 0 Å². The SMILES string of the molecule is CCC(COC)n1cncc1[C@H](C)N. The van der Waals surface area contributed by atoms with Gasteiger partial charge in [0.15, 0.2) is 0 Å². The van der Waals surface area contributed by atoms with Crippen LogP contribution in [0.25, 0.3) is 0 Å². The Kier molecular flexibility index (Phi) is 4.10. The molecule has 1 heterocycles. The molecule has 0 fully saturated rings. The van der Waals surface area contributed by atoms with Crippen LogP contribution in [0.3, 0.4) is 0 Å². The second-order valence-corrected chi connectivity index (χ2v) is 3.53. The molecule has 4 nitrogen and oxygen atoms in total. The Bertz CT molecular complexity index is 270. The van der Waals surface area contributed by atoms with Gasteiger partial charge >= 0.3 is 0 Å². The van der Waals surface area contributed by atoms with Gasteiger partial charge in [-0.25, -0.2) is 4.98 Å². The van der Waals surface area contributed by atoms with Crippen LogP contribution in [-0.4, -0.2) is 23.3 Å². The summed E-state index contributed by atoms with van der Waals surface area (Å²) in [5, 5.41) is 0. The van der Waals surface area contributed by atoms with Crippen molar-refractivity contribution in [1.82, 2.24) is 9.55 Å². The molecule has 0 aliphatic carbocycles. The zero-order valence-electron chi connectivity index (χ0n) is 9.10. The predicted molar refractivity (Wildman–Crippen MR) is 56.0 cm³/mol. The van der Waals surface area contributed by atoms with Gasteiger partial charge in [0, 0.05) is 19.3 Å². The summed E-state index contributed by atoms with van der Waals surface area (Å²) in [6.45, 7) is 4.80. The van der Waals surface area contributed by atoms with E-state index in [1.807, 2.05) is 19.4 Å². The summed E-state index contributed by atoms with van der Waals surface area (Å²) >= 11 is 0. The van der Waals surface area contributed by atoms with Crippen molar-refractivity contribution in [3.8, 4) is 0 Å². The number of methoxy groups -OCH3 is 1. The van der Waals surface area contributed by atoms with Crippen molar-refractivity contribution in [2.24, 2.45) is 5.73 Å². The van der Waals surface area contributed by atoms with Gasteiger partial charge in [-0.1, -0.05) is 6.92 Å². The summed E-state index contributed by atoms with van der Waals surface area (Å²) in [4.78, 5) is 4.12. The number of hydrogen-bond acceptors (Lipinski definition) is 3. The third kappa shape index (κ3) is 2.33. The highest BCUT2D eigenvalue weighted by molar-refractivity contribution is 5.04. The minimum atomic E-state index is 0.0170. The lowest BCUT2D eigenvalue weighted by molar-refractivity contribution is 0.151. The molecule has 1 aromatic heterocycles. The van der Waals surface area contributed by atoms with Gasteiger partial charge in [0.1, 0.15) is 0 Å². The molecular formula is C10H19N3O. The van der Waals surface area contributed by atoms with Gasteiger partial charge in [-0.2, -0.15) is 0 Å². The number of aromatic nitrogens is 2. The topological polar surface area (TPSA) is 53.1 Å². The number of rotatable bonds is 5. The van der Waals surface area contributed by atoms with Crippen LogP contribution in [-0.2, 0) is 4.74 Å². The fourth-order valence-corrected chi connectivity index (χ4v) is 1.56. The fraction of sp³-hybridized carbons (Fsp3) is 0.700. The van der Waals surface area contributed by atoms with Gasteiger partial charge in [0.2, 0.25) is 0 Å². The Balaban J connectivity index is 2.86. The van der Waals surface area contributed by atoms with Crippen molar-refractivity contribution in [3.05, 3.63) is 18.2 Å². The van der Waals surface area contributed by atoms with E-state index in [1.54, 1.807) is 7.11 Å². The van der Waals surface area contributed by atoms with Crippen LogP contribution < -0.4 is 5.73 Å². The Morgan fingerprint density at radius 3 is 2.86 bits per heavy atom. The van der Waals surface area contributed by atoms with Crippen molar-refractivity contribution in [2.75, 3.05) is 13.7 Å². The fourth-order valence-electron chi connectivity index (χ4n) is 1.56. The minimum absolute atomic E-state index is 0.0170.